The monoisotopic (exact) mass is 171 g/mol. The summed E-state index contributed by atoms with van der Waals surface area (Å²) < 4.78 is 0. The quantitative estimate of drug-likeness (QED) is 0.437. The van der Waals surface area contributed by atoms with Crippen LogP contribution in [-0.4, -0.2) is 29.3 Å². The predicted octanol–water partition coefficient (Wildman–Crippen LogP) is 1.05. The van der Waals surface area contributed by atoms with Crippen molar-refractivity contribution in [2.45, 2.75) is 37.8 Å². The molecule has 0 aromatic rings. The fourth-order valence-electron chi connectivity index (χ4n) is 1.99. The first-order valence-electron chi connectivity index (χ1n) is 4.34. The molecule has 0 spiro atoms. The molecule has 2 unspecified atom stereocenters. The Kier molecular flexibility index (Phi) is 1.88. The average Bonchev–Trinajstić information content (AvgIpc) is 2.40. The van der Waals surface area contributed by atoms with Crippen LogP contribution in [0.25, 0.3) is 0 Å². The molecule has 1 aliphatic carbocycles. The first kappa shape index (κ1) is 7.79. The Hall–Kier alpha value is -0.840. The van der Waals surface area contributed by atoms with Gasteiger partial charge >= 0.3 is 0 Å². The molecule has 2 atom stereocenters. The molecule has 1 saturated carbocycles. The van der Waals surface area contributed by atoms with E-state index < -0.39 is 0 Å². The number of fused-ring (bicyclic) bond motifs is 1. The van der Waals surface area contributed by atoms with Gasteiger partial charge in [0.1, 0.15) is 12.1 Å². The number of rotatable bonds is 1. The van der Waals surface area contributed by atoms with Crippen molar-refractivity contribution in [3.63, 3.8) is 0 Å². The van der Waals surface area contributed by atoms with Gasteiger partial charge in [0.05, 0.1) is 12.1 Å². The van der Waals surface area contributed by atoms with Crippen molar-refractivity contribution < 1.29 is 9.81 Å². The summed E-state index contributed by atoms with van der Waals surface area (Å²) >= 11 is 0. The van der Waals surface area contributed by atoms with E-state index in [1.807, 2.05) is 0 Å². The van der Waals surface area contributed by atoms with Crippen molar-refractivity contribution in [3.8, 4) is 0 Å². The van der Waals surface area contributed by atoms with E-state index in [0.717, 1.165) is 12.8 Å². The first-order valence-corrected chi connectivity index (χ1v) is 4.34. The summed E-state index contributed by atoms with van der Waals surface area (Å²) in [6.07, 6.45) is 4.38. The molecule has 1 heterocycles. The van der Waals surface area contributed by atoms with Gasteiger partial charge in [-0.15, -0.1) is 0 Å². The minimum absolute atomic E-state index is 0.163. The van der Waals surface area contributed by atoms with Crippen LogP contribution >= 0.6 is 0 Å². The second-order valence-corrected chi connectivity index (χ2v) is 3.27. The van der Waals surface area contributed by atoms with Gasteiger partial charge in [0.2, 0.25) is 0 Å². The van der Waals surface area contributed by atoms with Crippen LogP contribution in [-0.2, 0) is 4.84 Å². The number of nitrogens with zero attached hydrogens (tertiary/aromatic N) is 3. The van der Waals surface area contributed by atoms with E-state index in [1.165, 1.54) is 25.1 Å². The molecule has 12 heavy (non-hydrogen) atoms. The molecule has 1 fully saturated rings. The van der Waals surface area contributed by atoms with Crippen LogP contribution in [0, 0.1) is 5.21 Å². The molecule has 0 N–H and O–H groups in total. The first-order chi connectivity index (χ1) is 5.83. The maximum absolute atomic E-state index is 11.1. The van der Waals surface area contributed by atoms with Gasteiger partial charge in [-0.3, -0.25) is 0 Å². The molecular formula is C7H13N3O2. The van der Waals surface area contributed by atoms with Gasteiger partial charge in [0, 0.05) is 5.11 Å². The van der Waals surface area contributed by atoms with E-state index in [-0.39, 0.29) is 12.1 Å². The van der Waals surface area contributed by atoms with Crippen molar-refractivity contribution >= 4 is 0 Å². The van der Waals surface area contributed by atoms with Crippen LogP contribution in [0.15, 0.2) is 5.11 Å². The molecule has 1 aliphatic heterocycles. The van der Waals surface area contributed by atoms with E-state index >= 15 is 0 Å². The van der Waals surface area contributed by atoms with Crippen LogP contribution in [0.3, 0.4) is 0 Å². The Morgan fingerprint density at radius 2 is 2.25 bits per heavy atom. The highest BCUT2D eigenvalue weighted by molar-refractivity contribution is 4.83. The van der Waals surface area contributed by atoms with Crippen LogP contribution in [0.1, 0.15) is 25.7 Å². The Morgan fingerprint density at radius 3 is 3.00 bits per heavy atom. The lowest BCUT2D eigenvalue weighted by Gasteiger charge is -2.23. The Morgan fingerprint density at radius 1 is 1.50 bits per heavy atom. The Bertz CT molecular complexity index is 207. The van der Waals surface area contributed by atoms with Crippen molar-refractivity contribution in [2.75, 3.05) is 7.11 Å². The molecule has 2 rings (SSSR count). The summed E-state index contributed by atoms with van der Waals surface area (Å²) in [5.74, 6) is 0. The Balaban J connectivity index is 2.12. The average molecular weight is 171 g/mol. The Labute approximate surface area is 71.1 Å². The van der Waals surface area contributed by atoms with Gasteiger partial charge in [-0.2, -0.15) is 0 Å². The maximum Gasteiger partial charge on any atom is 0.146 e. The molecule has 0 bridgehead atoms. The highest BCUT2D eigenvalue weighted by Gasteiger charge is 2.43. The van der Waals surface area contributed by atoms with Gasteiger partial charge in [0.25, 0.3) is 0 Å². The van der Waals surface area contributed by atoms with Crippen molar-refractivity contribution in [1.29, 1.82) is 0 Å². The van der Waals surface area contributed by atoms with Crippen molar-refractivity contribution in [3.05, 3.63) is 5.21 Å². The van der Waals surface area contributed by atoms with Gasteiger partial charge < -0.3 is 5.21 Å². The summed E-state index contributed by atoms with van der Waals surface area (Å²) in [4.78, 5) is 5.53. The third kappa shape index (κ3) is 1.04. The van der Waals surface area contributed by atoms with E-state index in [2.05, 4.69) is 5.11 Å². The molecule has 0 aromatic heterocycles. The maximum atomic E-state index is 11.1. The van der Waals surface area contributed by atoms with Crippen LogP contribution in [0.5, 0.6) is 0 Å². The van der Waals surface area contributed by atoms with Crippen molar-refractivity contribution in [1.82, 2.24) is 5.17 Å². The molecule has 0 radical (unpaired) electrons. The van der Waals surface area contributed by atoms with Gasteiger partial charge in [-0.05, 0) is 18.0 Å². The molecule has 5 heteroatoms. The molecule has 0 aromatic carbocycles. The third-order valence-corrected chi connectivity index (χ3v) is 2.58. The predicted molar refractivity (Wildman–Crippen MR) is 40.9 cm³/mol. The summed E-state index contributed by atoms with van der Waals surface area (Å²) in [6, 6.07) is 0.345. The lowest BCUT2D eigenvalue weighted by Crippen LogP contribution is -2.40. The zero-order valence-electron chi connectivity index (χ0n) is 7.14. The van der Waals surface area contributed by atoms with E-state index in [4.69, 9.17) is 4.84 Å². The third-order valence-electron chi connectivity index (χ3n) is 2.58. The summed E-state index contributed by atoms with van der Waals surface area (Å²) in [5, 5.41) is 16.4. The largest absolute Gasteiger partial charge is 0.570 e. The highest BCUT2D eigenvalue weighted by atomic mass is 16.8. The minimum Gasteiger partial charge on any atom is -0.570 e. The lowest BCUT2D eigenvalue weighted by atomic mass is 9.92. The molecule has 0 amide bonds. The minimum atomic E-state index is 0.163. The van der Waals surface area contributed by atoms with Crippen LogP contribution in [0.2, 0.25) is 0 Å². The van der Waals surface area contributed by atoms with E-state index in [1.54, 1.807) is 0 Å². The number of hydrogen-bond donors (Lipinski definition) is 0. The standard InChI is InChI=1S/C7H13N3O2/c1-12-9-7-5-3-2-4-6(7)8-10(9)11/h6-7H,2-5H2,1H3. The normalized spacial score (nSPS) is 34.8. The summed E-state index contributed by atoms with van der Waals surface area (Å²) in [7, 11) is 1.51. The van der Waals surface area contributed by atoms with Gasteiger partial charge in [-0.25, -0.2) is 4.84 Å². The molecule has 68 valence electrons. The number of hydrogen-bond acceptors (Lipinski definition) is 4. The summed E-state index contributed by atoms with van der Waals surface area (Å²) in [6.45, 7) is 0. The SMILES string of the molecule is CON1C2CCCCC2N=[N+]1[O-]. The fraction of sp³-hybridized carbons (Fsp3) is 1.00. The fourth-order valence-corrected chi connectivity index (χ4v) is 1.99. The topological polar surface area (TPSA) is 50.9 Å². The van der Waals surface area contributed by atoms with Crippen molar-refractivity contribution in [2.24, 2.45) is 5.11 Å². The van der Waals surface area contributed by atoms with Crippen LogP contribution < -0.4 is 0 Å². The zero-order valence-corrected chi connectivity index (χ0v) is 7.14. The van der Waals surface area contributed by atoms with Crippen LogP contribution in [0.4, 0.5) is 0 Å². The van der Waals surface area contributed by atoms with E-state index in [9.17, 15) is 5.21 Å². The second kappa shape index (κ2) is 2.90. The number of hydrazine groups is 1. The molecule has 5 nitrogen and oxygen atoms in total. The number of hydroxylamine groups is 1. The summed E-state index contributed by atoms with van der Waals surface area (Å²) in [5.41, 5.74) is 0. The van der Waals surface area contributed by atoms with Gasteiger partial charge in [0.15, 0.2) is 0 Å². The van der Waals surface area contributed by atoms with Gasteiger partial charge in [-0.1, -0.05) is 12.8 Å². The zero-order chi connectivity index (χ0) is 8.55. The molecular weight excluding hydrogens is 158 g/mol. The lowest BCUT2D eigenvalue weighted by molar-refractivity contribution is -0.752. The van der Waals surface area contributed by atoms with E-state index in [0.29, 0.717) is 4.97 Å². The second-order valence-electron chi connectivity index (χ2n) is 3.27. The highest BCUT2D eigenvalue weighted by Crippen LogP contribution is 2.29. The molecule has 2 aliphatic rings. The molecule has 0 saturated heterocycles. The smallest absolute Gasteiger partial charge is 0.146 e.